The van der Waals surface area contributed by atoms with E-state index in [0.29, 0.717) is 12.1 Å². The predicted molar refractivity (Wildman–Crippen MR) is 96.7 cm³/mol. The molecule has 8 heteroatoms. The van der Waals surface area contributed by atoms with E-state index in [2.05, 4.69) is 10.3 Å². The van der Waals surface area contributed by atoms with E-state index in [1.807, 2.05) is 13.8 Å². The van der Waals surface area contributed by atoms with Crippen molar-refractivity contribution in [3.05, 3.63) is 24.5 Å². The van der Waals surface area contributed by atoms with Crippen LogP contribution in [0, 0.1) is 5.92 Å². The molecule has 8 nitrogen and oxygen atoms in total. The smallest absolute Gasteiger partial charge is 0.323 e. The molecule has 0 aliphatic carbocycles. The summed E-state index contributed by atoms with van der Waals surface area (Å²) in [7, 11) is 0. The van der Waals surface area contributed by atoms with E-state index in [4.69, 9.17) is 9.84 Å². The zero-order valence-electron chi connectivity index (χ0n) is 15.6. The first-order valence-corrected chi connectivity index (χ1v) is 8.62. The summed E-state index contributed by atoms with van der Waals surface area (Å²) in [5.74, 6) is -1.81. The summed E-state index contributed by atoms with van der Waals surface area (Å²) in [4.78, 5) is 41.2. The minimum atomic E-state index is -1.14. The molecule has 1 aromatic heterocycles. The van der Waals surface area contributed by atoms with Gasteiger partial charge in [0.15, 0.2) is 0 Å². The number of esters is 1. The SMILES string of the molecule is CCOC(=O)C(CC(C)C)NC(C)C(=O)N(CC(=O)O)c1cccnc1. The van der Waals surface area contributed by atoms with Crippen LogP contribution in [0.4, 0.5) is 5.69 Å². The van der Waals surface area contributed by atoms with Gasteiger partial charge in [0.2, 0.25) is 5.91 Å². The fraction of sp³-hybridized carbons (Fsp3) is 0.556. The molecule has 26 heavy (non-hydrogen) atoms. The Kier molecular flexibility index (Phi) is 8.71. The zero-order chi connectivity index (χ0) is 19.7. The lowest BCUT2D eigenvalue weighted by atomic mass is 10.0. The first-order chi connectivity index (χ1) is 12.3. The lowest BCUT2D eigenvalue weighted by molar-refractivity contribution is -0.146. The summed E-state index contributed by atoms with van der Waals surface area (Å²) < 4.78 is 5.06. The Bertz CT molecular complexity index is 606. The van der Waals surface area contributed by atoms with Crippen LogP contribution in [0.25, 0.3) is 0 Å². The third-order valence-corrected chi connectivity index (χ3v) is 3.62. The minimum absolute atomic E-state index is 0.215. The number of hydrogen-bond donors (Lipinski definition) is 2. The van der Waals surface area contributed by atoms with E-state index in [-0.39, 0.29) is 12.5 Å². The number of hydrogen-bond acceptors (Lipinski definition) is 6. The number of carboxylic acids is 1. The number of ether oxygens (including phenoxy) is 1. The van der Waals surface area contributed by atoms with Crippen molar-refractivity contribution < 1.29 is 24.2 Å². The fourth-order valence-electron chi connectivity index (χ4n) is 2.50. The number of amides is 1. The fourth-order valence-corrected chi connectivity index (χ4v) is 2.50. The van der Waals surface area contributed by atoms with Crippen LogP contribution in [0.2, 0.25) is 0 Å². The average molecular weight is 365 g/mol. The molecular weight excluding hydrogens is 338 g/mol. The number of aromatic nitrogens is 1. The lowest BCUT2D eigenvalue weighted by Gasteiger charge is -2.27. The Morgan fingerprint density at radius 3 is 2.50 bits per heavy atom. The summed E-state index contributed by atoms with van der Waals surface area (Å²) >= 11 is 0. The lowest BCUT2D eigenvalue weighted by Crippen LogP contribution is -2.52. The Balaban J connectivity index is 2.94. The van der Waals surface area contributed by atoms with Crippen molar-refractivity contribution >= 4 is 23.5 Å². The Morgan fingerprint density at radius 1 is 1.31 bits per heavy atom. The monoisotopic (exact) mass is 365 g/mol. The molecule has 1 heterocycles. The molecule has 0 bridgehead atoms. The number of nitrogens with zero attached hydrogens (tertiary/aromatic N) is 2. The second-order valence-corrected chi connectivity index (χ2v) is 6.35. The number of carbonyl (C=O) groups is 3. The maximum atomic E-state index is 12.8. The molecule has 0 saturated heterocycles. The van der Waals surface area contributed by atoms with Crippen LogP contribution in [-0.4, -0.2) is 53.2 Å². The molecule has 144 valence electrons. The quantitative estimate of drug-likeness (QED) is 0.604. The highest BCUT2D eigenvalue weighted by atomic mass is 16.5. The molecule has 2 atom stereocenters. The molecule has 0 spiro atoms. The zero-order valence-corrected chi connectivity index (χ0v) is 15.6. The Hall–Kier alpha value is -2.48. The van der Waals surface area contributed by atoms with Crippen molar-refractivity contribution in [3.8, 4) is 0 Å². The number of carboxylic acid groups (broad SMARTS) is 1. The van der Waals surface area contributed by atoms with E-state index in [0.717, 1.165) is 4.90 Å². The molecule has 1 rings (SSSR count). The van der Waals surface area contributed by atoms with Crippen LogP contribution in [-0.2, 0) is 19.1 Å². The third-order valence-electron chi connectivity index (χ3n) is 3.62. The maximum Gasteiger partial charge on any atom is 0.323 e. The van der Waals surface area contributed by atoms with E-state index in [1.54, 1.807) is 26.0 Å². The van der Waals surface area contributed by atoms with Crippen molar-refractivity contribution in [2.24, 2.45) is 5.92 Å². The second kappa shape index (κ2) is 10.5. The van der Waals surface area contributed by atoms with Gasteiger partial charge in [-0.05, 0) is 38.3 Å². The van der Waals surface area contributed by atoms with Crippen LogP contribution in [0.3, 0.4) is 0 Å². The van der Waals surface area contributed by atoms with Crippen LogP contribution < -0.4 is 10.2 Å². The summed E-state index contributed by atoms with van der Waals surface area (Å²) in [6.45, 7) is 7.00. The van der Waals surface area contributed by atoms with Crippen molar-refractivity contribution in [2.45, 2.75) is 46.2 Å². The van der Waals surface area contributed by atoms with Crippen LogP contribution in [0.15, 0.2) is 24.5 Å². The number of carbonyl (C=O) groups excluding carboxylic acids is 2. The van der Waals surface area contributed by atoms with Crippen molar-refractivity contribution in [1.82, 2.24) is 10.3 Å². The Morgan fingerprint density at radius 2 is 2.00 bits per heavy atom. The highest BCUT2D eigenvalue weighted by Gasteiger charge is 2.29. The van der Waals surface area contributed by atoms with Crippen molar-refractivity contribution in [2.75, 3.05) is 18.1 Å². The maximum absolute atomic E-state index is 12.8. The third kappa shape index (κ3) is 6.79. The standard InChI is InChI=1S/C18H27N3O5/c1-5-26-18(25)15(9-12(2)3)20-13(4)17(24)21(11-16(22)23)14-7-6-8-19-10-14/h6-8,10,12-13,15,20H,5,9,11H2,1-4H3,(H,22,23). The van der Waals surface area contributed by atoms with E-state index in [9.17, 15) is 14.4 Å². The molecule has 0 aliphatic rings. The largest absolute Gasteiger partial charge is 0.480 e. The Labute approximate surface area is 153 Å². The van der Waals surface area contributed by atoms with Gasteiger partial charge in [-0.15, -0.1) is 0 Å². The van der Waals surface area contributed by atoms with Gasteiger partial charge in [-0.2, -0.15) is 0 Å². The number of aliphatic carboxylic acids is 1. The van der Waals surface area contributed by atoms with Crippen molar-refractivity contribution in [1.29, 1.82) is 0 Å². The van der Waals surface area contributed by atoms with Crippen molar-refractivity contribution in [3.63, 3.8) is 0 Å². The van der Waals surface area contributed by atoms with E-state index >= 15 is 0 Å². The van der Waals surface area contributed by atoms with Gasteiger partial charge >= 0.3 is 11.9 Å². The van der Waals surface area contributed by atoms with E-state index < -0.39 is 36.5 Å². The minimum Gasteiger partial charge on any atom is -0.480 e. The van der Waals surface area contributed by atoms with Crippen LogP contribution >= 0.6 is 0 Å². The molecule has 1 amide bonds. The van der Waals surface area contributed by atoms with Gasteiger partial charge in [-0.1, -0.05) is 13.8 Å². The number of pyridine rings is 1. The molecule has 0 saturated carbocycles. The average Bonchev–Trinajstić information content (AvgIpc) is 2.58. The number of anilines is 1. The van der Waals surface area contributed by atoms with E-state index in [1.165, 1.54) is 12.4 Å². The number of nitrogens with one attached hydrogen (secondary N) is 1. The molecule has 0 radical (unpaired) electrons. The first kappa shape index (κ1) is 21.6. The molecule has 0 fully saturated rings. The molecule has 1 aromatic rings. The summed E-state index contributed by atoms with van der Waals surface area (Å²) in [5, 5.41) is 12.1. The van der Waals surface area contributed by atoms with Gasteiger partial charge in [-0.3, -0.25) is 29.6 Å². The van der Waals surface area contributed by atoms with Crippen LogP contribution in [0.1, 0.15) is 34.1 Å². The summed E-state index contributed by atoms with van der Waals surface area (Å²) in [6, 6.07) is 1.81. The number of rotatable bonds is 10. The van der Waals surface area contributed by atoms with Gasteiger partial charge in [0.1, 0.15) is 12.6 Å². The highest BCUT2D eigenvalue weighted by Crippen LogP contribution is 2.14. The molecule has 0 aliphatic heterocycles. The van der Waals surface area contributed by atoms with Gasteiger partial charge in [0.05, 0.1) is 24.5 Å². The normalized spacial score (nSPS) is 13.1. The molecule has 2 unspecified atom stereocenters. The first-order valence-electron chi connectivity index (χ1n) is 8.62. The molecule has 0 aromatic carbocycles. The van der Waals surface area contributed by atoms with Gasteiger partial charge in [0.25, 0.3) is 0 Å². The second-order valence-electron chi connectivity index (χ2n) is 6.35. The van der Waals surface area contributed by atoms with Gasteiger partial charge in [-0.25, -0.2) is 0 Å². The molecule has 2 N–H and O–H groups in total. The summed E-state index contributed by atoms with van der Waals surface area (Å²) in [5.41, 5.74) is 0.380. The van der Waals surface area contributed by atoms with Gasteiger partial charge < -0.3 is 9.84 Å². The van der Waals surface area contributed by atoms with Gasteiger partial charge in [0, 0.05) is 6.20 Å². The highest BCUT2D eigenvalue weighted by molar-refractivity contribution is 6.00. The molecular formula is C18H27N3O5. The predicted octanol–water partition coefficient (Wildman–Crippen LogP) is 1.46. The summed E-state index contributed by atoms with van der Waals surface area (Å²) in [6.07, 6.45) is 3.46. The topological polar surface area (TPSA) is 109 Å². The van der Waals surface area contributed by atoms with Crippen LogP contribution in [0.5, 0.6) is 0 Å².